The average molecular weight is 612 g/mol. The van der Waals surface area contributed by atoms with Crippen LogP contribution in [-0.2, 0) is 35.0 Å². The molecule has 0 saturated carbocycles. The second kappa shape index (κ2) is 14.7. The van der Waals surface area contributed by atoms with Crippen molar-refractivity contribution in [2.24, 2.45) is 5.92 Å². The van der Waals surface area contributed by atoms with Gasteiger partial charge in [-0.25, -0.2) is 17.8 Å². The zero-order chi connectivity index (χ0) is 30.2. The van der Waals surface area contributed by atoms with Gasteiger partial charge in [0.05, 0.1) is 24.2 Å². The summed E-state index contributed by atoms with van der Waals surface area (Å²) in [6.45, 7) is 4.57. The fraction of sp³-hybridized carbons (Fsp3) is 0.500. The topological polar surface area (TPSA) is 172 Å². The third-order valence-electron chi connectivity index (χ3n) is 6.44. The first-order valence-electron chi connectivity index (χ1n) is 13.4. The summed E-state index contributed by atoms with van der Waals surface area (Å²) >= 11 is 0. The Morgan fingerprint density at radius 2 is 1.80 bits per heavy atom. The third-order valence-corrected chi connectivity index (χ3v) is 8.83. The van der Waals surface area contributed by atoms with Crippen molar-refractivity contribution in [2.45, 2.75) is 56.7 Å². The normalized spacial score (nSPS) is 17.4. The number of carbonyl (C=O) groups is 1. The van der Waals surface area contributed by atoms with Crippen LogP contribution in [0.1, 0.15) is 25.8 Å². The Morgan fingerprint density at radius 3 is 2.34 bits per heavy atom. The summed E-state index contributed by atoms with van der Waals surface area (Å²) in [5.74, 6) is -0.162. The number of amides is 1. The van der Waals surface area contributed by atoms with Gasteiger partial charge in [0, 0.05) is 19.5 Å². The molecule has 226 valence electrons. The van der Waals surface area contributed by atoms with E-state index in [1.54, 1.807) is 51.0 Å². The first-order chi connectivity index (χ1) is 19.2. The van der Waals surface area contributed by atoms with E-state index in [-0.39, 0.29) is 30.4 Å². The lowest BCUT2D eigenvalue weighted by atomic mass is 9.64. The van der Waals surface area contributed by atoms with E-state index >= 15 is 0 Å². The van der Waals surface area contributed by atoms with Gasteiger partial charge in [0.25, 0.3) is 0 Å². The van der Waals surface area contributed by atoms with Crippen molar-refractivity contribution in [1.82, 2.24) is 9.62 Å². The van der Waals surface area contributed by atoms with Gasteiger partial charge in [-0.05, 0) is 35.5 Å². The summed E-state index contributed by atoms with van der Waals surface area (Å²) in [6, 6.07) is 13.5. The van der Waals surface area contributed by atoms with Crippen LogP contribution in [0.3, 0.4) is 0 Å². The molecular weight excluding hydrogens is 574 g/mol. The second-order valence-electron chi connectivity index (χ2n) is 10.4. The van der Waals surface area contributed by atoms with E-state index in [9.17, 15) is 32.6 Å². The SMILES string of the molecule is CB(O)c1ccc(S(=O)(=O)N(CC(C)C)C[C@@H](OP(=O)(O)O)[C@H](Cc2ccccc2)NC(=O)OC2CCOC2)cc1. The van der Waals surface area contributed by atoms with Gasteiger partial charge >= 0.3 is 20.8 Å². The van der Waals surface area contributed by atoms with Crippen LogP contribution in [0, 0.1) is 5.92 Å². The van der Waals surface area contributed by atoms with E-state index in [1.807, 2.05) is 0 Å². The predicted molar refractivity (Wildman–Crippen MR) is 153 cm³/mol. The maximum Gasteiger partial charge on any atom is 0.469 e. The van der Waals surface area contributed by atoms with Crippen molar-refractivity contribution in [3.63, 3.8) is 0 Å². The molecule has 1 amide bonds. The van der Waals surface area contributed by atoms with E-state index in [1.165, 1.54) is 24.3 Å². The summed E-state index contributed by atoms with van der Waals surface area (Å²) in [4.78, 5) is 32.4. The molecule has 12 nitrogen and oxygen atoms in total. The molecule has 2 aromatic rings. The highest BCUT2D eigenvalue weighted by Gasteiger charge is 2.37. The van der Waals surface area contributed by atoms with E-state index in [0.717, 1.165) is 4.31 Å². The highest BCUT2D eigenvalue weighted by atomic mass is 32.2. The number of benzene rings is 2. The van der Waals surface area contributed by atoms with Crippen LogP contribution >= 0.6 is 7.82 Å². The molecule has 15 heteroatoms. The van der Waals surface area contributed by atoms with Crippen LogP contribution < -0.4 is 10.8 Å². The fourth-order valence-corrected chi connectivity index (χ4v) is 6.62. The van der Waals surface area contributed by atoms with E-state index < -0.39 is 55.6 Å². The van der Waals surface area contributed by atoms with Gasteiger partial charge in [0.2, 0.25) is 10.0 Å². The van der Waals surface area contributed by atoms with Crippen molar-refractivity contribution in [2.75, 3.05) is 26.3 Å². The maximum absolute atomic E-state index is 13.8. The first-order valence-corrected chi connectivity index (χ1v) is 16.3. The molecule has 1 aliphatic rings. The Bertz CT molecular complexity index is 1270. The van der Waals surface area contributed by atoms with Gasteiger partial charge in [0.1, 0.15) is 12.2 Å². The molecular formula is C26H38BN2O10PS. The van der Waals surface area contributed by atoms with Crippen LogP contribution in [0.5, 0.6) is 0 Å². The number of hydrogen-bond acceptors (Lipinski definition) is 8. The average Bonchev–Trinajstić information content (AvgIpc) is 3.40. The molecule has 3 rings (SSSR count). The molecule has 3 atom stereocenters. The molecule has 1 aliphatic heterocycles. The Kier molecular flexibility index (Phi) is 11.9. The molecule has 1 unspecified atom stereocenters. The standard InChI is InChI=1S/C26H38BN2O10PS/c1-19(2)16-29(41(35,36)23-11-9-21(10-12-23)27(3)31)17-25(39-40(32,33)34)24(15-20-7-5-4-6-8-20)28-26(30)38-22-13-14-37-18-22/h4-12,19,22,24-25,31H,13-18H2,1-3H3,(H,28,30)(H2,32,33,34)/t22?,24-,25+/m0/s1. The minimum atomic E-state index is -5.15. The van der Waals surface area contributed by atoms with E-state index in [2.05, 4.69) is 5.32 Å². The minimum Gasteiger partial charge on any atom is -0.447 e. The Balaban J connectivity index is 1.97. The van der Waals surface area contributed by atoms with Crippen LogP contribution in [0.4, 0.5) is 4.79 Å². The number of ether oxygens (including phenoxy) is 2. The lowest BCUT2D eigenvalue weighted by molar-refractivity contribution is 0.0601. The van der Waals surface area contributed by atoms with Gasteiger partial charge in [-0.15, -0.1) is 0 Å². The maximum atomic E-state index is 13.8. The monoisotopic (exact) mass is 612 g/mol. The van der Waals surface area contributed by atoms with Crippen LogP contribution in [0.2, 0.25) is 6.82 Å². The summed E-state index contributed by atoms with van der Waals surface area (Å²) in [7, 11) is -9.33. The number of hydrogen-bond donors (Lipinski definition) is 4. The van der Waals surface area contributed by atoms with Gasteiger partial charge in [0.15, 0.2) is 0 Å². The van der Waals surface area contributed by atoms with Gasteiger partial charge < -0.3 is 29.6 Å². The lowest BCUT2D eigenvalue weighted by Crippen LogP contribution is -2.52. The number of sulfonamides is 1. The third kappa shape index (κ3) is 10.5. The number of phosphoric ester groups is 1. The largest absolute Gasteiger partial charge is 0.469 e. The molecule has 2 aromatic carbocycles. The van der Waals surface area contributed by atoms with Gasteiger partial charge in [-0.2, -0.15) is 4.31 Å². The molecule has 0 bridgehead atoms. The summed E-state index contributed by atoms with van der Waals surface area (Å²) < 4.78 is 56.6. The fourth-order valence-electron chi connectivity index (χ4n) is 4.44. The van der Waals surface area contributed by atoms with E-state index in [4.69, 9.17) is 14.0 Å². The molecule has 0 spiro atoms. The summed E-state index contributed by atoms with van der Waals surface area (Å²) in [5, 5.41) is 12.5. The Morgan fingerprint density at radius 1 is 1.15 bits per heavy atom. The number of phosphoric acid groups is 1. The number of carbonyl (C=O) groups excluding carboxylic acids is 1. The van der Waals surface area contributed by atoms with Crippen molar-refractivity contribution >= 4 is 36.3 Å². The van der Waals surface area contributed by atoms with E-state index in [0.29, 0.717) is 24.1 Å². The number of nitrogens with one attached hydrogen (secondary N) is 1. The second-order valence-corrected chi connectivity index (χ2v) is 13.6. The predicted octanol–water partition coefficient (Wildman–Crippen LogP) is 1.76. The molecule has 41 heavy (non-hydrogen) atoms. The molecule has 1 saturated heterocycles. The number of nitrogens with zero attached hydrogens (tertiary/aromatic N) is 1. The molecule has 1 fully saturated rings. The van der Waals surface area contributed by atoms with Gasteiger partial charge in [-0.3, -0.25) is 4.52 Å². The molecule has 4 N–H and O–H groups in total. The zero-order valence-electron chi connectivity index (χ0n) is 23.3. The Hall–Kier alpha value is -2.29. The molecule has 0 aromatic heterocycles. The first kappa shape index (κ1) is 33.2. The Labute approximate surface area is 241 Å². The van der Waals surface area contributed by atoms with Gasteiger partial charge in [-0.1, -0.05) is 63.1 Å². The molecule has 1 heterocycles. The summed E-state index contributed by atoms with van der Waals surface area (Å²) in [5.41, 5.74) is 1.24. The van der Waals surface area contributed by atoms with Crippen molar-refractivity contribution in [1.29, 1.82) is 0 Å². The molecule has 0 aliphatic carbocycles. The number of alkyl carbamates (subject to hydrolysis) is 1. The number of rotatable bonds is 14. The highest BCUT2D eigenvalue weighted by Crippen LogP contribution is 2.39. The smallest absolute Gasteiger partial charge is 0.447 e. The van der Waals surface area contributed by atoms with Crippen LogP contribution in [0.15, 0.2) is 59.5 Å². The summed E-state index contributed by atoms with van der Waals surface area (Å²) in [6.07, 6.45) is -2.20. The zero-order valence-corrected chi connectivity index (χ0v) is 25.0. The van der Waals surface area contributed by atoms with Crippen LogP contribution in [0.25, 0.3) is 0 Å². The minimum absolute atomic E-state index is 0.00340. The highest BCUT2D eigenvalue weighted by molar-refractivity contribution is 7.89. The van der Waals surface area contributed by atoms with Crippen molar-refractivity contribution in [3.05, 3.63) is 60.2 Å². The lowest BCUT2D eigenvalue weighted by Gasteiger charge is -2.33. The van der Waals surface area contributed by atoms with Crippen molar-refractivity contribution < 1.29 is 46.6 Å². The quantitative estimate of drug-likeness (QED) is 0.182. The van der Waals surface area contributed by atoms with Crippen molar-refractivity contribution in [3.8, 4) is 0 Å². The molecule has 0 radical (unpaired) electrons. The van der Waals surface area contributed by atoms with Crippen LogP contribution in [-0.4, -0.2) is 85.1 Å².